The number of nitrogens with zero attached hydrogens (tertiary/aromatic N) is 2. The number of aromatic nitrogens is 1. The van der Waals surface area contributed by atoms with Gasteiger partial charge in [-0.2, -0.15) is 0 Å². The van der Waals surface area contributed by atoms with E-state index in [0.717, 1.165) is 28.3 Å². The van der Waals surface area contributed by atoms with Gasteiger partial charge in [-0.25, -0.2) is 0 Å². The number of carbonyl (C=O) groups is 1. The van der Waals surface area contributed by atoms with Crippen molar-refractivity contribution in [1.29, 1.82) is 0 Å². The zero-order valence-electron chi connectivity index (χ0n) is 18.6. The maximum Gasteiger partial charge on any atom is 0.254 e. The molecule has 1 aromatic heterocycles. The van der Waals surface area contributed by atoms with Crippen molar-refractivity contribution in [2.45, 2.75) is 33.9 Å². The number of ether oxygens (including phenoxy) is 3. The monoisotopic (exact) mass is 424 g/mol. The molecule has 0 fully saturated rings. The van der Waals surface area contributed by atoms with E-state index < -0.39 is 0 Å². The topological polar surface area (TPSA) is 74.0 Å². The average Bonchev–Trinajstić information content (AvgIpc) is 3.10. The first kappa shape index (κ1) is 22.2. The summed E-state index contributed by atoms with van der Waals surface area (Å²) in [4.78, 5) is 14.6. The van der Waals surface area contributed by atoms with Crippen LogP contribution in [0.2, 0.25) is 0 Å². The summed E-state index contributed by atoms with van der Waals surface area (Å²) in [6.07, 6.45) is 0. The number of methoxy groups -OCH3 is 1. The Morgan fingerprint density at radius 3 is 2.42 bits per heavy atom. The van der Waals surface area contributed by atoms with E-state index in [9.17, 15) is 4.79 Å². The van der Waals surface area contributed by atoms with E-state index in [1.807, 2.05) is 45.0 Å². The van der Waals surface area contributed by atoms with Crippen LogP contribution in [0.5, 0.6) is 17.2 Å². The minimum Gasteiger partial charge on any atom is -0.494 e. The van der Waals surface area contributed by atoms with E-state index in [1.54, 1.807) is 37.3 Å². The second kappa shape index (κ2) is 10.0. The molecule has 3 aromatic rings. The van der Waals surface area contributed by atoms with E-state index in [1.165, 1.54) is 0 Å². The van der Waals surface area contributed by atoms with Gasteiger partial charge in [-0.15, -0.1) is 0 Å². The maximum absolute atomic E-state index is 12.9. The van der Waals surface area contributed by atoms with Crippen LogP contribution in [0, 0.1) is 13.8 Å². The Morgan fingerprint density at radius 1 is 1.06 bits per heavy atom. The Balaban J connectivity index is 1.68. The molecule has 0 saturated heterocycles. The molecule has 0 N–H and O–H groups in total. The summed E-state index contributed by atoms with van der Waals surface area (Å²) in [5.41, 5.74) is 3.23. The molecule has 7 heteroatoms. The lowest BCUT2D eigenvalue weighted by atomic mass is 10.1. The maximum atomic E-state index is 12.9. The Morgan fingerprint density at radius 2 is 1.81 bits per heavy atom. The third kappa shape index (κ3) is 5.36. The van der Waals surface area contributed by atoms with Gasteiger partial charge in [0.05, 0.1) is 25.0 Å². The lowest BCUT2D eigenvalue weighted by Gasteiger charge is -2.19. The fourth-order valence-corrected chi connectivity index (χ4v) is 3.20. The third-order valence-corrected chi connectivity index (χ3v) is 4.96. The van der Waals surface area contributed by atoms with Crippen LogP contribution in [0.1, 0.15) is 39.9 Å². The van der Waals surface area contributed by atoms with Crippen molar-refractivity contribution in [1.82, 2.24) is 10.1 Å². The molecular weight excluding hydrogens is 396 g/mol. The molecule has 164 valence electrons. The van der Waals surface area contributed by atoms with Gasteiger partial charge in [-0.05, 0) is 56.7 Å². The molecule has 0 aliphatic carbocycles. The number of rotatable bonds is 9. The first-order valence-corrected chi connectivity index (χ1v) is 10.1. The quantitative estimate of drug-likeness (QED) is 0.502. The second-order valence-corrected chi connectivity index (χ2v) is 7.20. The highest BCUT2D eigenvalue weighted by Gasteiger charge is 2.17. The summed E-state index contributed by atoms with van der Waals surface area (Å²) < 4.78 is 22.0. The van der Waals surface area contributed by atoms with Crippen LogP contribution < -0.4 is 14.2 Å². The summed E-state index contributed by atoms with van der Waals surface area (Å²) in [5, 5.41) is 3.93. The minimum absolute atomic E-state index is 0.107. The smallest absolute Gasteiger partial charge is 0.254 e. The number of aryl methyl sites for hydroxylation is 2. The summed E-state index contributed by atoms with van der Waals surface area (Å²) >= 11 is 0. The summed E-state index contributed by atoms with van der Waals surface area (Å²) in [5.74, 6) is 2.47. The SMILES string of the molecule is CCOc1ccc(CN(C)C(=O)c2ccc(OCc3c(C)noc3C)c(OC)c2)cc1. The first-order valence-electron chi connectivity index (χ1n) is 10.1. The zero-order chi connectivity index (χ0) is 22.4. The molecule has 0 atom stereocenters. The van der Waals surface area contributed by atoms with Gasteiger partial charge >= 0.3 is 0 Å². The highest BCUT2D eigenvalue weighted by molar-refractivity contribution is 5.94. The van der Waals surface area contributed by atoms with Crippen molar-refractivity contribution >= 4 is 5.91 Å². The molecule has 1 amide bonds. The lowest BCUT2D eigenvalue weighted by Crippen LogP contribution is -2.26. The largest absolute Gasteiger partial charge is 0.494 e. The van der Waals surface area contributed by atoms with Crippen molar-refractivity contribution < 1.29 is 23.5 Å². The van der Waals surface area contributed by atoms with Crippen LogP contribution in [-0.4, -0.2) is 36.7 Å². The molecule has 7 nitrogen and oxygen atoms in total. The van der Waals surface area contributed by atoms with Crippen LogP contribution >= 0.6 is 0 Å². The van der Waals surface area contributed by atoms with Gasteiger partial charge in [-0.3, -0.25) is 4.79 Å². The van der Waals surface area contributed by atoms with Crippen LogP contribution in [0.25, 0.3) is 0 Å². The van der Waals surface area contributed by atoms with Crippen molar-refractivity contribution in [3.8, 4) is 17.2 Å². The molecule has 0 unspecified atom stereocenters. The van der Waals surface area contributed by atoms with Crippen molar-refractivity contribution in [3.05, 3.63) is 70.6 Å². The van der Waals surface area contributed by atoms with Crippen LogP contribution in [0.3, 0.4) is 0 Å². The number of benzene rings is 2. The summed E-state index contributed by atoms with van der Waals surface area (Å²) in [6, 6.07) is 12.9. The molecule has 0 bridgehead atoms. The molecule has 0 spiro atoms. The Hall–Kier alpha value is -3.48. The molecular formula is C24H28N2O5. The standard InChI is InChI=1S/C24H28N2O5/c1-6-29-20-10-7-18(8-11-20)14-26(4)24(27)19-9-12-22(23(13-19)28-5)30-15-21-16(2)25-31-17(21)3/h7-13H,6,14-15H2,1-5H3. The van der Waals surface area contributed by atoms with E-state index in [0.29, 0.717) is 36.8 Å². The van der Waals surface area contributed by atoms with Gasteiger partial charge in [0.15, 0.2) is 11.5 Å². The van der Waals surface area contributed by atoms with Gasteiger partial charge in [0.1, 0.15) is 18.1 Å². The molecule has 0 aliphatic rings. The third-order valence-electron chi connectivity index (χ3n) is 4.96. The average molecular weight is 424 g/mol. The predicted octanol–water partition coefficient (Wildman–Crippen LogP) is 4.55. The Labute approximate surface area is 182 Å². The molecule has 1 heterocycles. The number of hydrogen-bond donors (Lipinski definition) is 0. The van der Waals surface area contributed by atoms with Gasteiger partial charge in [-0.1, -0.05) is 17.3 Å². The molecule has 0 aliphatic heterocycles. The fourth-order valence-electron chi connectivity index (χ4n) is 3.20. The first-order chi connectivity index (χ1) is 14.9. The lowest BCUT2D eigenvalue weighted by molar-refractivity contribution is 0.0784. The molecule has 31 heavy (non-hydrogen) atoms. The number of hydrogen-bond acceptors (Lipinski definition) is 6. The highest BCUT2D eigenvalue weighted by atomic mass is 16.5. The Bertz CT molecular complexity index is 1010. The van der Waals surface area contributed by atoms with Crippen LogP contribution in [-0.2, 0) is 13.2 Å². The molecule has 0 saturated carbocycles. The predicted molar refractivity (Wildman–Crippen MR) is 117 cm³/mol. The molecule has 2 aromatic carbocycles. The minimum atomic E-state index is -0.107. The molecule has 0 radical (unpaired) electrons. The molecule has 3 rings (SSSR count). The van der Waals surface area contributed by atoms with Crippen molar-refractivity contribution in [2.75, 3.05) is 20.8 Å². The summed E-state index contributed by atoms with van der Waals surface area (Å²) in [6.45, 7) is 7.08. The van der Waals surface area contributed by atoms with Crippen LogP contribution in [0.4, 0.5) is 0 Å². The van der Waals surface area contributed by atoms with E-state index >= 15 is 0 Å². The number of carbonyl (C=O) groups excluding carboxylic acids is 1. The van der Waals surface area contributed by atoms with Gasteiger partial charge in [0, 0.05) is 19.2 Å². The normalized spacial score (nSPS) is 10.6. The highest BCUT2D eigenvalue weighted by Crippen LogP contribution is 2.30. The van der Waals surface area contributed by atoms with Crippen molar-refractivity contribution in [2.24, 2.45) is 0 Å². The van der Waals surface area contributed by atoms with Gasteiger partial charge in [0.25, 0.3) is 5.91 Å². The zero-order valence-corrected chi connectivity index (χ0v) is 18.6. The second-order valence-electron chi connectivity index (χ2n) is 7.20. The Kier molecular flexibility index (Phi) is 7.18. The van der Waals surface area contributed by atoms with E-state index in [2.05, 4.69) is 5.16 Å². The summed E-state index contributed by atoms with van der Waals surface area (Å²) in [7, 11) is 3.32. The number of amides is 1. The fraction of sp³-hybridized carbons (Fsp3) is 0.333. The van der Waals surface area contributed by atoms with Gasteiger partial charge in [0.2, 0.25) is 0 Å². The van der Waals surface area contributed by atoms with E-state index in [4.69, 9.17) is 18.7 Å². The van der Waals surface area contributed by atoms with Gasteiger partial charge < -0.3 is 23.6 Å². The van der Waals surface area contributed by atoms with Crippen molar-refractivity contribution in [3.63, 3.8) is 0 Å². The van der Waals surface area contributed by atoms with E-state index in [-0.39, 0.29) is 5.91 Å². The van der Waals surface area contributed by atoms with Crippen LogP contribution in [0.15, 0.2) is 47.0 Å².